The SMILES string of the molecule is O=C(C1CCN(S(=O)(=O)Cc2ccc(Br)cc2)CC1)N1CCCCC1. The maximum atomic E-state index is 12.6. The zero-order valence-electron chi connectivity index (χ0n) is 14.4. The molecule has 2 aliphatic rings. The van der Waals surface area contributed by atoms with Crippen LogP contribution in [0, 0.1) is 5.92 Å². The molecular formula is C18H25BrN2O3S. The summed E-state index contributed by atoms with van der Waals surface area (Å²) >= 11 is 3.36. The Morgan fingerprint density at radius 2 is 1.60 bits per heavy atom. The summed E-state index contributed by atoms with van der Waals surface area (Å²) in [6.07, 6.45) is 4.65. The van der Waals surface area contributed by atoms with Crippen molar-refractivity contribution in [1.29, 1.82) is 0 Å². The van der Waals surface area contributed by atoms with E-state index in [1.54, 1.807) is 4.31 Å². The van der Waals surface area contributed by atoms with Gasteiger partial charge in [0, 0.05) is 36.6 Å². The Labute approximate surface area is 158 Å². The van der Waals surface area contributed by atoms with E-state index in [-0.39, 0.29) is 17.6 Å². The third-order valence-corrected chi connectivity index (χ3v) is 7.51. The number of carbonyl (C=O) groups excluding carboxylic acids is 1. The van der Waals surface area contributed by atoms with Gasteiger partial charge in [0.25, 0.3) is 0 Å². The van der Waals surface area contributed by atoms with Gasteiger partial charge in [0.1, 0.15) is 0 Å². The number of amides is 1. The van der Waals surface area contributed by atoms with Gasteiger partial charge in [0.2, 0.25) is 15.9 Å². The molecule has 2 heterocycles. The minimum Gasteiger partial charge on any atom is -0.342 e. The lowest BCUT2D eigenvalue weighted by atomic mass is 9.95. The quantitative estimate of drug-likeness (QED) is 0.740. The van der Waals surface area contributed by atoms with Crippen LogP contribution in [-0.2, 0) is 20.6 Å². The van der Waals surface area contributed by atoms with Crippen molar-refractivity contribution >= 4 is 31.9 Å². The Hall–Kier alpha value is -0.920. The van der Waals surface area contributed by atoms with E-state index < -0.39 is 10.0 Å². The monoisotopic (exact) mass is 428 g/mol. The largest absolute Gasteiger partial charge is 0.342 e. The second-order valence-corrected chi connectivity index (χ2v) is 9.83. The number of nitrogens with zero attached hydrogens (tertiary/aromatic N) is 2. The van der Waals surface area contributed by atoms with Crippen LogP contribution < -0.4 is 0 Å². The zero-order chi connectivity index (χ0) is 17.9. The summed E-state index contributed by atoms with van der Waals surface area (Å²) in [5.74, 6) is 0.229. The molecule has 2 fully saturated rings. The van der Waals surface area contributed by atoms with Crippen LogP contribution in [0.5, 0.6) is 0 Å². The van der Waals surface area contributed by atoms with Crippen molar-refractivity contribution in [2.45, 2.75) is 37.9 Å². The number of likely N-dealkylation sites (tertiary alicyclic amines) is 1. The molecular weight excluding hydrogens is 404 g/mol. The van der Waals surface area contributed by atoms with E-state index >= 15 is 0 Å². The van der Waals surface area contributed by atoms with Gasteiger partial charge in [-0.25, -0.2) is 12.7 Å². The highest BCUT2D eigenvalue weighted by atomic mass is 79.9. The zero-order valence-corrected chi connectivity index (χ0v) is 16.8. The van der Waals surface area contributed by atoms with Crippen LogP contribution in [0.1, 0.15) is 37.7 Å². The molecule has 138 valence electrons. The van der Waals surface area contributed by atoms with Gasteiger partial charge in [-0.05, 0) is 49.8 Å². The van der Waals surface area contributed by atoms with Crippen molar-refractivity contribution in [1.82, 2.24) is 9.21 Å². The van der Waals surface area contributed by atoms with Gasteiger partial charge in [0.05, 0.1) is 5.75 Å². The molecule has 0 radical (unpaired) electrons. The lowest BCUT2D eigenvalue weighted by molar-refractivity contribution is -0.137. The fourth-order valence-corrected chi connectivity index (χ4v) is 5.46. The van der Waals surface area contributed by atoms with Crippen LogP contribution >= 0.6 is 15.9 Å². The Balaban J connectivity index is 1.55. The highest BCUT2D eigenvalue weighted by Crippen LogP contribution is 2.25. The van der Waals surface area contributed by atoms with Crippen LogP contribution in [0.4, 0.5) is 0 Å². The molecule has 0 spiro atoms. The Morgan fingerprint density at radius 1 is 1.00 bits per heavy atom. The predicted molar refractivity (Wildman–Crippen MR) is 101 cm³/mol. The molecule has 5 nitrogen and oxygen atoms in total. The maximum absolute atomic E-state index is 12.6. The number of halogens is 1. The van der Waals surface area contributed by atoms with Gasteiger partial charge < -0.3 is 4.90 Å². The molecule has 2 saturated heterocycles. The second-order valence-electron chi connectivity index (χ2n) is 6.94. The average molecular weight is 429 g/mol. The van der Waals surface area contributed by atoms with Crippen LogP contribution in [0.3, 0.4) is 0 Å². The molecule has 2 aliphatic heterocycles. The fourth-order valence-electron chi connectivity index (χ4n) is 3.64. The van der Waals surface area contributed by atoms with Gasteiger partial charge in [-0.15, -0.1) is 0 Å². The Kier molecular flexibility index (Phi) is 6.17. The van der Waals surface area contributed by atoms with Crippen molar-refractivity contribution < 1.29 is 13.2 Å². The summed E-state index contributed by atoms with van der Waals surface area (Å²) < 4.78 is 27.8. The van der Waals surface area contributed by atoms with Crippen LogP contribution in [0.25, 0.3) is 0 Å². The normalized spacial score (nSPS) is 20.6. The van der Waals surface area contributed by atoms with Gasteiger partial charge in [0.15, 0.2) is 0 Å². The van der Waals surface area contributed by atoms with Crippen LogP contribution in [0.15, 0.2) is 28.7 Å². The minimum absolute atomic E-state index is 0.0165. The third kappa shape index (κ3) is 4.83. The molecule has 0 bridgehead atoms. The highest BCUT2D eigenvalue weighted by Gasteiger charge is 2.33. The van der Waals surface area contributed by atoms with Gasteiger partial charge in [-0.3, -0.25) is 4.79 Å². The Bertz CT molecular complexity index is 692. The summed E-state index contributed by atoms with van der Waals surface area (Å²) in [5.41, 5.74) is 0.787. The topological polar surface area (TPSA) is 57.7 Å². The number of hydrogen-bond acceptors (Lipinski definition) is 3. The van der Waals surface area contributed by atoms with Gasteiger partial charge in [-0.1, -0.05) is 28.1 Å². The molecule has 0 aromatic heterocycles. The van der Waals surface area contributed by atoms with Crippen molar-refractivity contribution in [3.63, 3.8) is 0 Å². The number of benzene rings is 1. The van der Waals surface area contributed by atoms with E-state index in [2.05, 4.69) is 15.9 Å². The summed E-state index contributed by atoms with van der Waals surface area (Å²) in [5, 5.41) is 0. The molecule has 1 amide bonds. The van der Waals surface area contributed by atoms with E-state index in [0.29, 0.717) is 25.9 Å². The third-order valence-electron chi connectivity index (χ3n) is 5.13. The van der Waals surface area contributed by atoms with Crippen molar-refractivity contribution in [2.24, 2.45) is 5.92 Å². The number of sulfonamides is 1. The van der Waals surface area contributed by atoms with Crippen molar-refractivity contribution in [2.75, 3.05) is 26.2 Å². The van der Waals surface area contributed by atoms with E-state index in [4.69, 9.17) is 0 Å². The maximum Gasteiger partial charge on any atom is 0.225 e. The summed E-state index contributed by atoms with van der Waals surface area (Å²) in [6.45, 7) is 2.62. The van der Waals surface area contributed by atoms with Crippen molar-refractivity contribution in [3.05, 3.63) is 34.3 Å². The number of hydrogen-bond donors (Lipinski definition) is 0. The predicted octanol–water partition coefficient (Wildman–Crippen LogP) is 3.00. The first-order valence-electron chi connectivity index (χ1n) is 8.97. The molecule has 0 N–H and O–H groups in total. The Morgan fingerprint density at radius 3 is 2.20 bits per heavy atom. The lowest BCUT2D eigenvalue weighted by Gasteiger charge is -2.35. The average Bonchev–Trinajstić information content (AvgIpc) is 2.64. The standard InChI is InChI=1S/C18H25BrN2O3S/c19-17-6-4-15(5-7-17)14-25(23,24)21-12-8-16(9-13-21)18(22)20-10-2-1-3-11-20/h4-7,16H,1-3,8-14H2. The minimum atomic E-state index is -3.33. The first-order valence-corrected chi connectivity index (χ1v) is 11.4. The molecule has 0 atom stereocenters. The van der Waals surface area contributed by atoms with Gasteiger partial charge >= 0.3 is 0 Å². The van der Waals surface area contributed by atoms with E-state index in [1.807, 2.05) is 29.2 Å². The smallest absolute Gasteiger partial charge is 0.225 e. The first kappa shape index (κ1) is 18.9. The first-order chi connectivity index (χ1) is 12.0. The van der Waals surface area contributed by atoms with E-state index in [0.717, 1.165) is 36.0 Å². The second kappa shape index (κ2) is 8.18. The number of piperidine rings is 2. The summed E-state index contributed by atoms with van der Waals surface area (Å²) in [7, 11) is -3.33. The molecule has 1 aromatic carbocycles. The molecule has 7 heteroatoms. The molecule has 3 rings (SSSR count). The summed E-state index contributed by atoms with van der Waals surface area (Å²) in [6, 6.07) is 7.37. The van der Waals surface area contributed by atoms with Crippen molar-refractivity contribution in [3.8, 4) is 0 Å². The molecule has 0 unspecified atom stereocenters. The van der Waals surface area contributed by atoms with E-state index in [9.17, 15) is 13.2 Å². The molecule has 0 aliphatic carbocycles. The highest BCUT2D eigenvalue weighted by molar-refractivity contribution is 9.10. The number of carbonyl (C=O) groups is 1. The number of rotatable bonds is 4. The molecule has 1 aromatic rings. The fraction of sp³-hybridized carbons (Fsp3) is 0.611. The molecule has 25 heavy (non-hydrogen) atoms. The van der Waals surface area contributed by atoms with Crippen LogP contribution in [0.2, 0.25) is 0 Å². The lowest BCUT2D eigenvalue weighted by Crippen LogP contribution is -2.45. The van der Waals surface area contributed by atoms with Crippen LogP contribution in [-0.4, -0.2) is 49.7 Å². The molecule has 0 saturated carbocycles. The van der Waals surface area contributed by atoms with Gasteiger partial charge in [-0.2, -0.15) is 0 Å². The summed E-state index contributed by atoms with van der Waals surface area (Å²) in [4.78, 5) is 14.6. The van der Waals surface area contributed by atoms with E-state index in [1.165, 1.54) is 6.42 Å².